The summed E-state index contributed by atoms with van der Waals surface area (Å²) >= 11 is 0. The van der Waals surface area contributed by atoms with Gasteiger partial charge in [0.1, 0.15) is 11.5 Å². The van der Waals surface area contributed by atoms with Crippen molar-refractivity contribution in [2.75, 3.05) is 0 Å². The summed E-state index contributed by atoms with van der Waals surface area (Å²) in [5.74, 6) is 0.636. The van der Waals surface area contributed by atoms with Crippen LogP contribution in [0.15, 0.2) is 28.9 Å². The van der Waals surface area contributed by atoms with Crippen LogP contribution in [0, 0.1) is 12.3 Å². The molecular formula is C17H19NO4. The number of nitrogens with zero attached hydrogens (tertiary/aromatic N) is 1. The fourth-order valence-electron chi connectivity index (χ4n) is 3.04. The van der Waals surface area contributed by atoms with Crippen LogP contribution in [-0.4, -0.2) is 16.1 Å². The summed E-state index contributed by atoms with van der Waals surface area (Å²) in [5.41, 5.74) is 1.34. The number of aliphatic hydroxyl groups is 1. The Morgan fingerprint density at radius 2 is 2.27 bits per heavy atom. The Labute approximate surface area is 128 Å². The molecule has 2 aromatic rings. The quantitative estimate of drug-likeness (QED) is 0.862. The number of ether oxygens (including phenoxy) is 1. The Bertz CT molecular complexity index is 703. The summed E-state index contributed by atoms with van der Waals surface area (Å²) in [6, 6.07) is 3.34. The van der Waals surface area contributed by atoms with Crippen molar-refractivity contribution in [3.05, 3.63) is 47.2 Å². The number of aliphatic hydroxyl groups excluding tert-OH is 1. The molecule has 0 radical (unpaired) electrons. The zero-order valence-corrected chi connectivity index (χ0v) is 12.9. The van der Waals surface area contributed by atoms with Gasteiger partial charge in [-0.05, 0) is 30.9 Å². The van der Waals surface area contributed by atoms with Crippen molar-refractivity contribution in [1.29, 1.82) is 0 Å². The number of fused-ring (bicyclic) bond motifs is 1. The molecule has 3 rings (SSSR count). The van der Waals surface area contributed by atoms with Crippen molar-refractivity contribution in [3.63, 3.8) is 0 Å². The first-order valence-electron chi connectivity index (χ1n) is 7.30. The number of esters is 1. The lowest BCUT2D eigenvalue weighted by molar-refractivity contribution is 0.0689. The first kappa shape index (κ1) is 14.8. The van der Waals surface area contributed by atoms with Gasteiger partial charge in [0, 0.05) is 23.7 Å². The van der Waals surface area contributed by atoms with Crippen LogP contribution >= 0.6 is 0 Å². The Morgan fingerprint density at radius 1 is 1.50 bits per heavy atom. The standard InChI is InChI=1S/C17H19NO4/c1-10-14-12(19)7-17(2,3)8-13(14)22-15(10)16(20)21-11-5-4-6-18-9-11/h4-6,9,12,19H,7-8H2,1-3H3/t12-/m0/s1. The number of carbonyl (C=O) groups excluding carboxylic acids is 1. The molecule has 1 N–H and O–H groups in total. The predicted molar refractivity (Wildman–Crippen MR) is 79.7 cm³/mol. The normalized spacial score (nSPS) is 19.5. The van der Waals surface area contributed by atoms with Gasteiger partial charge in [0.25, 0.3) is 0 Å². The fraction of sp³-hybridized carbons (Fsp3) is 0.412. The zero-order chi connectivity index (χ0) is 15.9. The van der Waals surface area contributed by atoms with E-state index in [1.807, 2.05) is 0 Å². The van der Waals surface area contributed by atoms with Gasteiger partial charge in [-0.25, -0.2) is 4.79 Å². The van der Waals surface area contributed by atoms with Gasteiger partial charge in [0.15, 0.2) is 0 Å². The van der Waals surface area contributed by atoms with Gasteiger partial charge in [-0.2, -0.15) is 0 Å². The van der Waals surface area contributed by atoms with E-state index in [0.29, 0.717) is 29.9 Å². The molecule has 0 saturated carbocycles. The topological polar surface area (TPSA) is 72.6 Å². The van der Waals surface area contributed by atoms with Crippen molar-refractivity contribution in [2.24, 2.45) is 5.41 Å². The molecule has 1 atom stereocenters. The highest BCUT2D eigenvalue weighted by atomic mass is 16.5. The minimum absolute atomic E-state index is 0.0543. The second-order valence-corrected chi connectivity index (χ2v) is 6.53. The van der Waals surface area contributed by atoms with E-state index in [0.717, 1.165) is 5.56 Å². The summed E-state index contributed by atoms with van der Waals surface area (Å²) in [4.78, 5) is 16.2. The van der Waals surface area contributed by atoms with Crippen LogP contribution in [0.5, 0.6) is 5.75 Å². The molecule has 2 aromatic heterocycles. The summed E-state index contributed by atoms with van der Waals surface area (Å²) in [5, 5.41) is 10.3. The van der Waals surface area contributed by atoms with Crippen molar-refractivity contribution in [2.45, 2.75) is 39.7 Å². The van der Waals surface area contributed by atoms with E-state index in [1.165, 1.54) is 6.20 Å². The van der Waals surface area contributed by atoms with E-state index in [-0.39, 0.29) is 11.2 Å². The Kier molecular flexibility index (Phi) is 3.53. The molecule has 1 aliphatic carbocycles. The second-order valence-electron chi connectivity index (χ2n) is 6.53. The minimum Gasteiger partial charge on any atom is -0.453 e. The third-order valence-corrected chi connectivity index (χ3v) is 4.02. The molecule has 0 aliphatic heterocycles. The molecule has 0 spiro atoms. The summed E-state index contributed by atoms with van der Waals surface area (Å²) < 4.78 is 11.0. The molecule has 0 aromatic carbocycles. The third kappa shape index (κ3) is 2.64. The number of hydrogen-bond donors (Lipinski definition) is 1. The first-order chi connectivity index (χ1) is 10.4. The molecular weight excluding hydrogens is 282 g/mol. The van der Waals surface area contributed by atoms with Crippen LogP contribution in [0.3, 0.4) is 0 Å². The first-order valence-corrected chi connectivity index (χ1v) is 7.30. The van der Waals surface area contributed by atoms with Crippen LogP contribution in [0.2, 0.25) is 0 Å². The van der Waals surface area contributed by atoms with Crippen LogP contribution in [0.4, 0.5) is 0 Å². The zero-order valence-electron chi connectivity index (χ0n) is 12.9. The van der Waals surface area contributed by atoms with Crippen molar-refractivity contribution >= 4 is 5.97 Å². The number of pyridine rings is 1. The van der Waals surface area contributed by atoms with Crippen molar-refractivity contribution in [3.8, 4) is 5.75 Å². The van der Waals surface area contributed by atoms with Crippen LogP contribution < -0.4 is 4.74 Å². The molecule has 116 valence electrons. The van der Waals surface area contributed by atoms with Gasteiger partial charge in [-0.1, -0.05) is 13.8 Å². The number of furan rings is 1. The smallest absolute Gasteiger partial charge is 0.379 e. The number of hydrogen-bond acceptors (Lipinski definition) is 5. The van der Waals surface area contributed by atoms with E-state index >= 15 is 0 Å². The summed E-state index contributed by atoms with van der Waals surface area (Å²) in [7, 11) is 0. The molecule has 0 unspecified atom stereocenters. The Hall–Kier alpha value is -2.14. The summed E-state index contributed by atoms with van der Waals surface area (Å²) in [6.45, 7) is 5.93. The molecule has 22 heavy (non-hydrogen) atoms. The lowest BCUT2D eigenvalue weighted by Crippen LogP contribution is -2.24. The Morgan fingerprint density at radius 3 is 2.95 bits per heavy atom. The van der Waals surface area contributed by atoms with Crippen LogP contribution in [0.25, 0.3) is 0 Å². The minimum atomic E-state index is -0.609. The van der Waals surface area contributed by atoms with Crippen LogP contribution in [0.1, 0.15) is 53.8 Å². The molecule has 0 saturated heterocycles. The van der Waals surface area contributed by atoms with E-state index < -0.39 is 12.1 Å². The number of aromatic nitrogens is 1. The van der Waals surface area contributed by atoms with E-state index in [2.05, 4.69) is 18.8 Å². The van der Waals surface area contributed by atoms with Gasteiger partial charge in [0.05, 0.1) is 12.3 Å². The van der Waals surface area contributed by atoms with Gasteiger partial charge < -0.3 is 14.3 Å². The maximum atomic E-state index is 12.3. The van der Waals surface area contributed by atoms with Crippen LogP contribution in [-0.2, 0) is 6.42 Å². The van der Waals surface area contributed by atoms with E-state index in [4.69, 9.17) is 9.15 Å². The highest BCUT2D eigenvalue weighted by molar-refractivity contribution is 5.90. The lowest BCUT2D eigenvalue weighted by Gasteiger charge is -2.31. The molecule has 2 heterocycles. The van der Waals surface area contributed by atoms with Gasteiger partial charge >= 0.3 is 5.97 Å². The molecule has 0 amide bonds. The molecule has 0 bridgehead atoms. The maximum Gasteiger partial charge on any atom is 0.379 e. The highest BCUT2D eigenvalue weighted by Crippen LogP contribution is 2.44. The monoisotopic (exact) mass is 301 g/mol. The molecule has 0 fully saturated rings. The fourth-order valence-corrected chi connectivity index (χ4v) is 3.04. The largest absolute Gasteiger partial charge is 0.453 e. The third-order valence-electron chi connectivity index (χ3n) is 4.02. The SMILES string of the molecule is Cc1c(C(=O)Oc2cccnc2)oc2c1[C@@H](O)CC(C)(C)C2. The Balaban J connectivity index is 1.91. The lowest BCUT2D eigenvalue weighted by atomic mass is 9.75. The van der Waals surface area contributed by atoms with E-state index in [1.54, 1.807) is 25.3 Å². The van der Waals surface area contributed by atoms with E-state index in [9.17, 15) is 9.90 Å². The van der Waals surface area contributed by atoms with Gasteiger partial charge in [0.2, 0.25) is 5.76 Å². The number of carbonyl (C=O) groups is 1. The average Bonchev–Trinajstić information content (AvgIpc) is 2.75. The maximum absolute atomic E-state index is 12.3. The van der Waals surface area contributed by atoms with Crippen molar-refractivity contribution in [1.82, 2.24) is 4.98 Å². The molecule has 1 aliphatic rings. The average molecular weight is 301 g/mol. The number of rotatable bonds is 2. The predicted octanol–water partition coefficient (Wildman–Crippen LogP) is 3.21. The molecule has 5 heteroatoms. The van der Waals surface area contributed by atoms with Gasteiger partial charge in [-0.3, -0.25) is 4.98 Å². The van der Waals surface area contributed by atoms with Gasteiger partial charge in [-0.15, -0.1) is 0 Å². The molecule has 5 nitrogen and oxygen atoms in total. The second kappa shape index (κ2) is 5.25. The van der Waals surface area contributed by atoms with Crippen molar-refractivity contribution < 1.29 is 19.1 Å². The summed E-state index contributed by atoms with van der Waals surface area (Å²) in [6.07, 6.45) is 3.81. The highest BCUT2D eigenvalue weighted by Gasteiger charge is 2.37.